The molecule has 2 aromatic rings. The maximum Gasteiger partial charge on any atom is 0.119 e. The van der Waals surface area contributed by atoms with Gasteiger partial charge in [0.1, 0.15) is 36.3 Å². The molecule has 0 unspecified atom stereocenters. The summed E-state index contributed by atoms with van der Waals surface area (Å²) in [5.74, 6) is -1.04. The van der Waals surface area contributed by atoms with E-state index in [-0.39, 0.29) is 10.6 Å². The number of aliphatic hydroxyl groups excluding tert-OH is 4. The van der Waals surface area contributed by atoms with Crippen molar-refractivity contribution in [1.82, 2.24) is 0 Å². The Kier molecular flexibility index (Phi) is 3.60. The van der Waals surface area contributed by atoms with E-state index in [1.807, 2.05) is 0 Å². The predicted molar refractivity (Wildman–Crippen MR) is 105 cm³/mol. The van der Waals surface area contributed by atoms with Crippen LogP contribution in [0.15, 0.2) is 42.4 Å². The van der Waals surface area contributed by atoms with Crippen molar-refractivity contribution in [3.8, 4) is 5.75 Å². The van der Waals surface area contributed by atoms with Gasteiger partial charge in [-0.15, -0.1) is 0 Å². The molecule has 2 aromatic carbocycles. The number of ether oxygens (including phenoxy) is 2. The number of hydrogen-bond acceptors (Lipinski definition) is 6. The minimum Gasteiger partial charge on any atom is -0.494 e. The monoisotopic (exact) mass is 419 g/mol. The highest BCUT2D eigenvalue weighted by molar-refractivity contribution is 6.31. The molecule has 0 aromatic heterocycles. The SMILES string of the molecule is [2H]c1c([2H])c(C([2H])([2H])c2cc([C@@H]3O[C@H](CO)[C@@H](O)[C@H](O)[C@H]3O)ccc2Cl)c([2H])c([2H])c1OC([2H])([2H])C([2H])([2H])[2H]. The first-order chi connectivity index (χ1) is 17.8. The van der Waals surface area contributed by atoms with Crippen LogP contribution in [0, 0.1) is 0 Å². The van der Waals surface area contributed by atoms with E-state index in [1.54, 1.807) is 0 Å². The highest BCUT2D eigenvalue weighted by Gasteiger charge is 2.43. The third-order valence-corrected chi connectivity index (χ3v) is 4.56. The van der Waals surface area contributed by atoms with Gasteiger partial charge in [0, 0.05) is 11.9 Å². The van der Waals surface area contributed by atoms with E-state index in [0.717, 1.165) is 6.07 Å². The van der Waals surface area contributed by atoms with Crippen molar-refractivity contribution < 1.29 is 45.0 Å². The van der Waals surface area contributed by atoms with Crippen LogP contribution in [0.3, 0.4) is 0 Å². The summed E-state index contributed by atoms with van der Waals surface area (Å²) in [5.41, 5.74) is -1.19. The summed E-state index contributed by atoms with van der Waals surface area (Å²) in [6.07, 6.45) is -10.6. The van der Waals surface area contributed by atoms with Gasteiger partial charge < -0.3 is 29.9 Å². The topological polar surface area (TPSA) is 99.4 Å². The molecule has 6 nitrogen and oxygen atoms in total. The van der Waals surface area contributed by atoms with Crippen molar-refractivity contribution in [2.45, 2.75) is 43.7 Å². The van der Waals surface area contributed by atoms with Gasteiger partial charge in [0.05, 0.1) is 21.4 Å². The summed E-state index contributed by atoms with van der Waals surface area (Å²) in [6, 6.07) is -0.451. The molecule has 1 aliphatic heterocycles. The molecule has 3 rings (SSSR count). The van der Waals surface area contributed by atoms with E-state index < -0.39 is 98.0 Å². The summed E-state index contributed by atoms with van der Waals surface area (Å²) in [7, 11) is 0. The van der Waals surface area contributed by atoms with Crippen molar-refractivity contribution in [3.05, 3.63) is 64.1 Å². The quantitative estimate of drug-likeness (QED) is 0.570. The van der Waals surface area contributed by atoms with Crippen molar-refractivity contribution >= 4 is 11.6 Å². The molecule has 1 saturated heterocycles. The molecule has 7 heteroatoms. The third kappa shape index (κ3) is 4.49. The van der Waals surface area contributed by atoms with Gasteiger partial charge in [0.25, 0.3) is 0 Å². The molecule has 1 fully saturated rings. The van der Waals surface area contributed by atoms with Crippen LogP contribution in [0.2, 0.25) is 5.02 Å². The molecule has 0 saturated carbocycles. The zero-order valence-electron chi connectivity index (χ0n) is 25.3. The zero-order valence-corrected chi connectivity index (χ0v) is 15.1. The fourth-order valence-electron chi connectivity index (χ4n) is 2.79. The molecule has 0 spiro atoms. The molecule has 0 bridgehead atoms. The van der Waals surface area contributed by atoms with Gasteiger partial charge in [-0.1, -0.05) is 35.8 Å². The van der Waals surface area contributed by atoms with Crippen molar-refractivity contribution in [3.63, 3.8) is 0 Å². The van der Waals surface area contributed by atoms with Crippen molar-refractivity contribution in [1.29, 1.82) is 0 Å². The lowest BCUT2D eigenvalue weighted by atomic mass is 9.90. The van der Waals surface area contributed by atoms with Gasteiger partial charge in [0.15, 0.2) is 0 Å². The fraction of sp³-hybridized carbons (Fsp3) is 0.429. The minimum atomic E-state index is -3.39. The largest absolute Gasteiger partial charge is 0.494 e. The second kappa shape index (κ2) is 9.22. The molecule has 0 aliphatic carbocycles. The average Bonchev–Trinajstić information content (AvgIpc) is 2.84. The highest BCUT2D eigenvalue weighted by Crippen LogP contribution is 2.34. The van der Waals surface area contributed by atoms with E-state index in [2.05, 4.69) is 0 Å². The van der Waals surface area contributed by atoms with Gasteiger partial charge in [-0.3, -0.25) is 0 Å². The van der Waals surface area contributed by atoms with Crippen LogP contribution in [0.1, 0.15) is 44.7 Å². The molecule has 0 amide bonds. The fourth-order valence-corrected chi connectivity index (χ4v) is 2.96. The summed E-state index contributed by atoms with van der Waals surface area (Å²) >= 11 is 6.24. The van der Waals surface area contributed by atoms with Crippen LogP contribution in [0.25, 0.3) is 0 Å². The molecular formula is C21H25ClO6. The third-order valence-electron chi connectivity index (χ3n) is 4.23. The number of halogens is 1. The Morgan fingerprint density at radius 3 is 2.61 bits per heavy atom. The van der Waals surface area contributed by atoms with Crippen LogP contribution in [0.5, 0.6) is 5.75 Å². The zero-order chi connectivity index (χ0) is 29.8. The second-order valence-electron chi connectivity index (χ2n) is 6.02. The molecule has 1 aliphatic rings. The minimum absolute atomic E-state index is 0.0382. The van der Waals surface area contributed by atoms with Gasteiger partial charge in [-0.25, -0.2) is 0 Å². The molecular weight excluding hydrogens is 384 g/mol. The lowest BCUT2D eigenvalue weighted by Crippen LogP contribution is -2.55. The van der Waals surface area contributed by atoms with Gasteiger partial charge >= 0.3 is 0 Å². The van der Waals surface area contributed by atoms with Gasteiger partial charge in [0.2, 0.25) is 0 Å². The van der Waals surface area contributed by atoms with Crippen molar-refractivity contribution in [2.24, 2.45) is 0 Å². The summed E-state index contributed by atoms with van der Waals surface area (Å²) in [5, 5.41) is 39.8. The lowest BCUT2D eigenvalue weighted by molar-refractivity contribution is -0.231. The standard InChI is InChI=1S/C21H25ClO6/c1-2-27-15-6-3-12(4-7-15)9-14-10-13(5-8-16(14)22)21-20(26)19(25)18(24)17(11-23)28-21/h3-8,10,17-21,23-26H,2,9,11H2,1H3/t17-,18-,19+,20-,21+/m1/s1/i1D3,2D2,3D,4D,6D,7D,9D2. The second-order valence-corrected chi connectivity index (χ2v) is 6.43. The Bertz CT molecular complexity index is 1210. The van der Waals surface area contributed by atoms with E-state index in [4.69, 9.17) is 36.2 Å². The summed E-state index contributed by atoms with van der Waals surface area (Å²) < 4.78 is 97.6. The molecule has 28 heavy (non-hydrogen) atoms. The van der Waals surface area contributed by atoms with Crippen LogP contribution >= 0.6 is 11.6 Å². The summed E-state index contributed by atoms with van der Waals surface area (Å²) in [6.45, 7) is -7.44. The Morgan fingerprint density at radius 2 is 1.93 bits per heavy atom. The molecule has 5 atom stereocenters. The first kappa shape index (κ1) is 10.9. The van der Waals surface area contributed by atoms with E-state index in [1.165, 1.54) is 12.1 Å². The number of aliphatic hydroxyl groups is 4. The highest BCUT2D eigenvalue weighted by atomic mass is 35.5. The molecule has 0 radical (unpaired) electrons. The Morgan fingerprint density at radius 1 is 1.18 bits per heavy atom. The molecule has 152 valence electrons. The number of benzene rings is 2. The molecule has 1 heterocycles. The first-order valence-electron chi connectivity index (χ1n) is 13.7. The van der Waals surface area contributed by atoms with Crippen LogP contribution in [-0.4, -0.2) is 58.0 Å². The number of hydrogen-bond donors (Lipinski definition) is 4. The predicted octanol–water partition coefficient (Wildman–Crippen LogP) is 1.84. The summed E-state index contributed by atoms with van der Waals surface area (Å²) in [4.78, 5) is 0. The van der Waals surface area contributed by atoms with E-state index in [9.17, 15) is 20.4 Å². The van der Waals surface area contributed by atoms with Crippen LogP contribution < -0.4 is 4.74 Å². The van der Waals surface area contributed by atoms with Gasteiger partial charge in [-0.05, 0) is 48.1 Å². The van der Waals surface area contributed by atoms with Crippen LogP contribution in [-0.2, 0) is 11.1 Å². The lowest BCUT2D eigenvalue weighted by Gasteiger charge is -2.40. The Labute approximate surface area is 184 Å². The maximum atomic E-state index is 10.5. The Balaban J connectivity index is 2.14. The van der Waals surface area contributed by atoms with Gasteiger partial charge in [-0.2, -0.15) is 0 Å². The van der Waals surface area contributed by atoms with E-state index in [0.29, 0.717) is 0 Å². The van der Waals surface area contributed by atoms with Crippen molar-refractivity contribution in [2.75, 3.05) is 13.2 Å². The number of rotatable bonds is 6. The average molecular weight is 420 g/mol. The normalized spacial score (nSPS) is 34.8. The maximum absolute atomic E-state index is 10.5. The van der Waals surface area contributed by atoms with Crippen LogP contribution in [0.4, 0.5) is 0 Å². The Hall–Kier alpha value is -1.67. The van der Waals surface area contributed by atoms with E-state index >= 15 is 0 Å². The first-order valence-corrected chi connectivity index (χ1v) is 8.56. The molecule has 4 N–H and O–H groups in total. The smallest absolute Gasteiger partial charge is 0.119 e.